The van der Waals surface area contributed by atoms with E-state index in [4.69, 9.17) is 27.9 Å². The van der Waals surface area contributed by atoms with Gasteiger partial charge in [-0.15, -0.1) is 0 Å². The molecule has 0 fully saturated rings. The number of amides is 2. The van der Waals surface area contributed by atoms with E-state index in [1.165, 1.54) is 5.56 Å². The number of carbonyl (C=O) groups excluding carboxylic acids is 2. The highest BCUT2D eigenvalue weighted by Crippen LogP contribution is 2.25. The molecule has 0 unspecified atom stereocenters. The predicted molar refractivity (Wildman–Crippen MR) is 112 cm³/mol. The number of carbonyl (C=O) groups is 2. The number of benzene rings is 2. The van der Waals surface area contributed by atoms with Gasteiger partial charge in [-0.25, -0.2) is 4.79 Å². The summed E-state index contributed by atoms with van der Waals surface area (Å²) < 4.78 is 5.04. The van der Waals surface area contributed by atoms with Gasteiger partial charge in [0.15, 0.2) is 0 Å². The molecule has 0 aliphatic rings. The number of nitrogens with one attached hydrogen (secondary N) is 3. The number of aryl methyl sites for hydroxylation is 1. The third-order valence-electron chi connectivity index (χ3n) is 3.90. The Labute approximate surface area is 174 Å². The summed E-state index contributed by atoms with van der Waals surface area (Å²) in [5, 5.41) is 9.23. The maximum absolute atomic E-state index is 11.8. The average Bonchev–Trinajstić information content (AvgIpc) is 2.69. The van der Waals surface area contributed by atoms with Gasteiger partial charge in [-0.2, -0.15) is 0 Å². The summed E-state index contributed by atoms with van der Waals surface area (Å²) >= 11 is 12.0. The van der Waals surface area contributed by atoms with Crippen LogP contribution in [0.1, 0.15) is 18.1 Å². The van der Waals surface area contributed by atoms with E-state index in [1.54, 1.807) is 12.1 Å². The van der Waals surface area contributed by atoms with Crippen molar-refractivity contribution < 1.29 is 14.3 Å². The number of hydrogen-bond acceptors (Lipinski definition) is 4. The van der Waals surface area contributed by atoms with Crippen molar-refractivity contribution in [1.82, 2.24) is 10.6 Å². The van der Waals surface area contributed by atoms with Crippen LogP contribution in [0, 0.1) is 0 Å². The van der Waals surface area contributed by atoms with Crippen molar-refractivity contribution in [1.29, 1.82) is 0 Å². The highest BCUT2D eigenvalue weighted by molar-refractivity contribution is 6.42. The fourth-order valence-corrected chi connectivity index (χ4v) is 2.76. The smallest absolute Gasteiger partial charge is 0.411 e. The Kier molecular flexibility index (Phi) is 9.07. The van der Waals surface area contributed by atoms with Crippen LogP contribution in [0.5, 0.6) is 0 Å². The fraction of sp³-hybridized carbons (Fsp3) is 0.300. The van der Waals surface area contributed by atoms with Gasteiger partial charge in [-0.1, -0.05) is 54.4 Å². The molecule has 2 aromatic carbocycles. The molecule has 0 aliphatic heterocycles. The standard InChI is InChI=1S/C20H23Cl2N3O3/c1-2-14-6-8-16(9-7-14)25-20(27)28-11-10-24-18(26)13-23-12-15-4-3-5-17(21)19(15)22/h3-9,23H,2,10-13H2,1H3,(H,24,26)(H,25,27). The van der Waals surface area contributed by atoms with Crippen molar-refractivity contribution in [3.63, 3.8) is 0 Å². The third-order valence-corrected chi connectivity index (χ3v) is 4.76. The Morgan fingerprint density at radius 3 is 2.54 bits per heavy atom. The molecule has 150 valence electrons. The van der Waals surface area contributed by atoms with Gasteiger partial charge in [0.2, 0.25) is 5.91 Å². The Balaban J connectivity index is 1.58. The molecule has 0 radical (unpaired) electrons. The molecule has 2 rings (SSSR count). The van der Waals surface area contributed by atoms with Crippen molar-refractivity contribution >= 4 is 40.9 Å². The molecule has 0 aromatic heterocycles. The first kappa shape index (κ1) is 22.0. The molecule has 28 heavy (non-hydrogen) atoms. The summed E-state index contributed by atoms with van der Waals surface area (Å²) in [6.07, 6.45) is 0.373. The van der Waals surface area contributed by atoms with Crippen molar-refractivity contribution in [3.05, 3.63) is 63.6 Å². The zero-order valence-electron chi connectivity index (χ0n) is 15.6. The van der Waals surface area contributed by atoms with Gasteiger partial charge >= 0.3 is 6.09 Å². The summed E-state index contributed by atoms with van der Waals surface area (Å²) in [5.41, 5.74) is 2.66. The van der Waals surface area contributed by atoms with Crippen LogP contribution in [-0.4, -0.2) is 31.7 Å². The van der Waals surface area contributed by atoms with Crippen LogP contribution in [0.2, 0.25) is 10.0 Å². The monoisotopic (exact) mass is 423 g/mol. The molecular weight excluding hydrogens is 401 g/mol. The van der Waals surface area contributed by atoms with Gasteiger partial charge in [-0.05, 0) is 35.7 Å². The molecule has 3 N–H and O–H groups in total. The average molecular weight is 424 g/mol. The highest BCUT2D eigenvalue weighted by atomic mass is 35.5. The van der Waals surface area contributed by atoms with Crippen LogP contribution in [0.25, 0.3) is 0 Å². The highest BCUT2D eigenvalue weighted by Gasteiger charge is 2.06. The molecule has 2 aromatic rings. The number of hydrogen-bond donors (Lipinski definition) is 3. The first-order valence-electron chi connectivity index (χ1n) is 8.92. The molecule has 0 spiro atoms. The Morgan fingerprint density at radius 1 is 1.07 bits per heavy atom. The molecule has 0 saturated heterocycles. The molecule has 6 nitrogen and oxygen atoms in total. The van der Waals surface area contributed by atoms with E-state index in [9.17, 15) is 9.59 Å². The zero-order chi connectivity index (χ0) is 20.4. The summed E-state index contributed by atoms with van der Waals surface area (Å²) in [4.78, 5) is 23.5. The zero-order valence-corrected chi connectivity index (χ0v) is 17.1. The van der Waals surface area contributed by atoms with Gasteiger partial charge in [0, 0.05) is 12.2 Å². The second-order valence-corrected chi connectivity index (χ2v) is 6.76. The van der Waals surface area contributed by atoms with Crippen LogP contribution in [0.15, 0.2) is 42.5 Å². The minimum Gasteiger partial charge on any atom is -0.447 e. The minimum atomic E-state index is -0.563. The minimum absolute atomic E-state index is 0.0741. The Morgan fingerprint density at radius 2 is 1.82 bits per heavy atom. The van der Waals surface area contributed by atoms with Crippen molar-refractivity contribution in [3.8, 4) is 0 Å². The molecule has 0 saturated carbocycles. The van der Waals surface area contributed by atoms with Gasteiger partial charge in [0.1, 0.15) is 6.61 Å². The first-order chi connectivity index (χ1) is 13.5. The lowest BCUT2D eigenvalue weighted by Crippen LogP contribution is -2.36. The maximum Gasteiger partial charge on any atom is 0.411 e. The van der Waals surface area contributed by atoms with E-state index < -0.39 is 6.09 Å². The van der Waals surface area contributed by atoms with Crippen LogP contribution in [-0.2, 0) is 22.5 Å². The Bertz CT molecular complexity index is 798. The first-order valence-corrected chi connectivity index (χ1v) is 9.68. The largest absolute Gasteiger partial charge is 0.447 e. The molecular formula is C20H23Cl2N3O3. The lowest BCUT2D eigenvalue weighted by Gasteiger charge is -2.10. The molecule has 8 heteroatoms. The summed E-state index contributed by atoms with van der Waals surface area (Å²) in [5.74, 6) is -0.211. The van der Waals surface area contributed by atoms with Crippen LogP contribution < -0.4 is 16.0 Å². The predicted octanol–water partition coefficient (Wildman–Crippen LogP) is 4.01. The van der Waals surface area contributed by atoms with Gasteiger partial charge in [0.25, 0.3) is 0 Å². The SMILES string of the molecule is CCc1ccc(NC(=O)OCCNC(=O)CNCc2cccc(Cl)c2Cl)cc1. The normalized spacial score (nSPS) is 10.4. The molecule has 0 aliphatic carbocycles. The summed E-state index contributed by atoms with van der Waals surface area (Å²) in [7, 11) is 0. The summed E-state index contributed by atoms with van der Waals surface area (Å²) in [6.45, 7) is 2.89. The van der Waals surface area contributed by atoms with E-state index in [0.717, 1.165) is 12.0 Å². The van der Waals surface area contributed by atoms with Gasteiger partial charge < -0.3 is 15.4 Å². The van der Waals surface area contributed by atoms with Crippen molar-refractivity contribution in [2.75, 3.05) is 25.0 Å². The van der Waals surface area contributed by atoms with E-state index >= 15 is 0 Å². The lowest BCUT2D eigenvalue weighted by molar-refractivity contribution is -0.120. The van der Waals surface area contributed by atoms with Gasteiger partial charge in [0.05, 0.1) is 23.1 Å². The number of halogens is 2. The number of rotatable bonds is 9. The van der Waals surface area contributed by atoms with E-state index in [1.807, 2.05) is 30.3 Å². The second kappa shape index (κ2) is 11.5. The maximum atomic E-state index is 11.8. The third kappa shape index (κ3) is 7.38. The van der Waals surface area contributed by atoms with Crippen LogP contribution in [0.3, 0.4) is 0 Å². The van der Waals surface area contributed by atoms with Gasteiger partial charge in [-0.3, -0.25) is 10.1 Å². The molecule has 0 heterocycles. The topological polar surface area (TPSA) is 79.5 Å². The number of anilines is 1. The molecule has 2 amide bonds. The van der Waals surface area contributed by atoms with E-state index in [-0.39, 0.29) is 25.6 Å². The fourth-order valence-electron chi connectivity index (χ4n) is 2.37. The second-order valence-electron chi connectivity index (χ2n) is 5.98. The lowest BCUT2D eigenvalue weighted by atomic mass is 10.1. The molecule has 0 atom stereocenters. The number of ether oxygens (including phenoxy) is 1. The van der Waals surface area contributed by atoms with Crippen LogP contribution in [0.4, 0.5) is 10.5 Å². The van der Waals surface area contributed by atoms with Crippen molar-refractivity contribution in [2.24, 2.45) is 0 Å². The van der Waals surface area contributed by atoms with Crippen molar-refractivity contribution in [2.45, 2.75) is 19.9 Å². The summed E-state index contributed by atoms with van der Waals surface area (Å²) in [6, 6.07) is 12.9. The van der Waals surface area contributed by atoms with E-state index in [0.29, 0.717) is 22.3 Å². The van der Waals surface area contributed by atoms with Crippen LogP contribution >= 0.6 is 23.2 Å². The quantitative estimate of drug-likeness (QED) is 0.532. The Hall–Kier alpha value is -2.28. The molecule has 0 bridgehead atoms. The van der Waals surface area contributed by atoms with E-state index in [2.05, 4.69) is 22.9 Å².